The van der Waals surface area contributed by atoms with Gasteiger partial charge in [-0.2, -0.15) is 17.0 Å². The molecule has 0 spiro atoms. The van der Waals surface area contributed by atoms with Gasteiger partial charge in [-0.05, 0) is 29.7 Å². The van der Waals surface area contributed by atoms with Crippen LogP contribution in [0.3, 0.4) is 0 Å². The number of nitriles is 1. The number of carbonyl (C=O) groups excluding carboxylic acids is 1. The van der Waals surface area contributed by atoms with Crippen molar-refractivity contribution in [2.45, 2.75) is 18.6 Å². The number of hydrogen-bond acceptors (Lipinski definition) is 4. The van der Waals surface area contributed by atoms with Crippen molar-refractivity contribution in [2.24, 2.45) is 0 Å². The lowest BCUT2D eigenvalue weighted by molar-refractivity contribution is -0.120. The van der Waals surface area contributed by atoms with E-state index in [1.165, 1.54) is 0 Å². The minimum atomic E-state index is -0.0173. The van der Waals surface area contributed by atoms with Gasteiger partial charge in [-0.15, -0.1) is 0 Å². The average molecular weight is 340 g/mol. The fraction of sp³-hybridized carbons (Fsp3) is 0.263. The molecule has 24 heavy (non-hydrogen) atoms. The van der Waals surface area contributed by atoms with Crippen molar-refractivity contribution in [3.8, 4) is 11.8 Å². The molecule has 0 heterocycles. The molecule has 2 aromatic rings. The van der Waals surface area contributed by atoms with Gasteiger partial charge in [-0.1, -0.05) is 36.4 Å². The molecule has 0 saturated heterocycles. The second-order valence-electron chi connectivity index (χ2n) is 5.30. The van der Waals surface area contributed by atoms with Crippen LogP contribution in [0.2, 0.25) is 0 Å². The lowest BCUT2D eigenvalue weighted by Crippen LogP contribution is -2.25. The highest BCUT2D eigenvalue weighted by atomic mass is 32.2. The van der Waals surface area contributed by atoms with Gasteiger partial charge in [0, 0.05) is 24.5 Å². The number of thioether (sulfide) groups is 1. The zero-order valence-corrected chi connectivity index (χ0v) is 14.2. The monoisotopic (exact) mass is 340 g/mol. The summed E-state index contributed by atoms with van der Waals surface area (Å²) in [5.41, 5.74) is 2.52. The number of aryl methyl sites for hydroxylation is 1. The Bertz CT molecular complexity index is 725. The molecule has 0 unspecified atom stereocenters. The molecule has 0 aliphatic carbocycles. The van der Waals surface area contributed by atoms with Crippen LogP contribution in [0.5, 0.6) is 5.75 Å². The van der Waals surface area contributed by atoms with Crippen molar-refractivity contribution in [1.29, 1.82) is 5.26 Å². The van der Waals surface area contributed by atoms with E-state index in [1.54, 1.807) is 23.9 Å². The normalized spacial score (nSPS) is 10.1. The molecular weight excluding hydrogens is 320 g/mol. The van der Waals surface area contributed by atoms with Gasteiger partial charge in [0.1, 0.15) is 5.75 Å². The van der Waals surface area contributed by atoms with Crippen molar-refractivity contribution in [3.63, 3.8) is 0 Å². The maximum Gasteiger partial charge on any atom is 0.220 e. The Morgan fingerprint density at radius 1 is 1.12 bits per heavy atom. The van der Waals surface area contributed by atoms with E-state index in [0.29, 0.717) is 24.9 Å². The van der Waals surface area contributed by atoms with Crippen LogP contribution in [0, 0.1) is 11.3 Å². The largest absolute Gasteiger partial charge is 0.508 e. The van der Waals surface area contributed by atoms with Gasteiger partial charge >= 0.3 is 0 Å². The molecule has 2 N–H and O–H groups in total. The Balaban J connectivity index is 1.63. The number of aromatic hydroxyl groups is 1. The van der Waals surface area contributed by atoms with Gasteiger partial charge in [0.15, 0.2) is 0 Å². The summed E-state index contributed by atoms with van der Waals surface area (Å²) in [5, 5.41) is 21.6. The third-order valence-electron chi connectivity index (χ3n) is 3.58. The topological polar surface area (TPSA) is 73.1 Å². The van der Waals surface area contributed by atoms with E-state index in [0.717, 1.165) is 22.6 Å². The predicted molar refractivity (Wildman–Crippen MR) is 96.8 cm³/mol. The number of amides is 1. The van der Waals surface area contributed by atoms with Crippen LogP contribution < -0.4 is 5.32 Å². The van der Waals surface area contributed by atoms with Crippen LogP contribution in [0.15, 0.2) is 48.5 Å². The highest BCUT2D eigenvalue weighted by Gasteiger charge is 2.05. The number of carbonyl (C=O) groups is 1. The molecule has 0 aliphatic heterocycles. The predicted octanol–water partition coefficient (Wildman–Crippen LogP) is 3.25. The van der Waals surface area contributed by atoms with Crippen LogP contribution in [-0.4, -0.2) is 23.3 Å². The third kappa shape index (κ3) is 5.64. The van der Waals surface area contributed by atoms with Crippen LogP contribution in [0.1, 0.15) is 23.1 Å². The highest BCUT2D eigenvalue weighted by Crippen LogP contribution is 2.17. The maximum atomic E-state index is 11.8. The minimum Gasteiger partial charge on any atom is -0.508 e. The number of phenols is 1. The molecular formula is C19H20N2O2S. The lowest BCUT2D eigenvalue weighted by Gasteiger charge is -2.07. The smallest absolute Gasteiger partial charge is 0.220 e. The fourth-order valence-electron chi connectivity index (χ4n) is 2.26. The Morgan fingerprint density at radius 3 is 2.58 bits per heavy atom. The summed E-state index contributed by atoms with van der Waals surface area (Å²) in [6.07, 6.45) is 0.890. The second-order valence-corrected chi connectivity index (χ2v) is 6.41. The SMILES string of the molecule is N#Cc1ccccc1CSCCNC(=O)CCc1ccccc1O. The number of hydrogen-bond donors (Lipinski definition) is 2. The third-order valence-corrected chi connectivity index (χ3v) is 4.58. The van der Waals surface area contributed by atoms with Crippen molar-refractivity contribution in [2.75, 3.05) is 12.3 Å². The van der Waals surface area contributed by atoms with Gasteiger partial charge in [0.05, 0.1) is 11.6 Å². The van der Waals surface area contributed by atoms with E-state index in [2.05, 4.69) is 11.4 Å². The molecule has 2 rings (SSSR count). The van der Waals surface area contributed by atoms with Gasteiger partial charge in [-0.3, -0.25) is 4.79 Å². The summed E-state index contributed by atoms with van der Waals surface area (Å²) in [7, 11) is 0. The second kappa shape index (κ2) is 9.64. The van der Waals surface area contributed by atoms with Gasteiger partial charge in [0.2, 0.25) is 5.91 Å². The van der Waals surface area contributed by atoms with E-state index in [1.807, 2.05) is 36.4 Å². The number of benzene rings is 2. The van der Waals surface area contributed by atoms with Crippen LogP contribution >= 0.6 is 11.8 Å². The fourth-order valence-corrected chi connectivity index (χ4v) is 3.12. The highest BCUT2D eigenvalue weighted by molar-refractivity contribution is 7.98. The van der Waals surface area contributed by atoms with E-state index < -0.39 is 0 Å². The molecule has 0 aliphatic rings. The Morgan fingerprint density at radius 2 is 1.83 bits per heavy atom. The first kappa shape index (κ1) is 17.9. The van der Waals surface area contributed by atoms with E-state index in [9.17, 15) is 9.90 Å². The molecule has 0 bridgehead atoms. The maximum absolute atomic E-state index is 11.8. The first-order chi connectivity index (χ1) is 11.7. The lowest BCUT2D eigenvalue weighted by atomic mass is 10.1. The summed E-state index contributed by atoms with van der Waals surface area (Å²) in [4.78, 5) is 11.8. The molecule has 0 radical (unpaired) electrons. The zero-order chi connectivity index (χ0) is 17.2. The average Bonchev–Trinajstić information content (AvgIpc) is 2.61. The number of para-hydroxylation sites is 1. The summed E-state index contributed by atoms with van der Waals surface area (Å²) in [6, 6.07) is 16.8. The van der Waals surface area contributed by atoms with Gasteiger partial charge in [0.25, 0.3) is 0 Å². The van der Waals surface area contributed by atoms with Crippen molar-refractivity contribution < 1.29 is 9.90 Å². The Kier molecular flexibility index (Phi) is 7.19. The van der Waals surface area contributed by atoms with E-state index >= 15 is 0 Å². The summed E-state index contributed by atoms with van der Waals surface area (Å²) >= 11 is 1.69. The Labute approximate surface area is 146 Å². The minimum absolute atomic E-state index is 0.0173. The molecule has 5 heteroatoms. The Hall–Kier alpha value is -2.45. The molecule has 2 aromatic carbocycles. The number of rotatable bonds is 8. The van der Waals surface area contributed by atoms with Crippen molar-refractivity contribution >= 4 is 17.7 Å². The first-order valence-electron chi connectivity index (χ1n) is 7.80. The van der Waals surface area contributed by atoms with Crippen molar-refractivity contribution in [1.82, 2.24) is 5.32 Å². The quantitative estimate of drug-likeness (QED) is 0.724. The molecule has 0 aromatic heterocycles. The molecule has 0 atom stereocenters. The zero-order valence-electron chi connectivity index (χ0n) is 13.4. The summed E-state index contributed by atoms with van der Waals surface area (Å²) < 4.78 is 0. The molecule has 4 nitrogen and oxygen atoms in total. The summed E-state index contributed by atoms with van der Waals surface area (Å²) in [6.45, 7) is 0.596. The molecule has 1 amide bonds. The van der Waals surface area contributed by atoms with Crippen LogP contribution in [-0.2, 0) is 17.0 Å². The van der Waals surface area contributed by atoms with E-state index in [-0.39, 0.29) is 11.7 Å². The molecule has 0 saturated carbocycles. The first-order valence-corrected chi connectivity index (χ1v) is 8.95. The van der Waals surface area contributed by atoms with Gasteiger partial charge < -0.3 is 10.4 Å². The number of nitrogens with zero attached hydrogens (tertiary/aromatic N) is 1. The number of nitrogens with one attached hydrogen (secondary N) is 1. The molecule has 0 fully saturated rings. The molecule has 124 valence electrons. The van der Waals surface area contributed by atoms with E-state index in [4.69, 9.17) is 5.26 Å². The van der Waals surface area contributed by atoms with Crippen LogP contribution in [0.4, 0.5) is 0 Å². The van der Waals surface area contributed by atoms with Gasteiger partial charge in [-0.25, -0.2) is 0 Å². The standard InChI is InChI=1S/C19H20N2O2S/c20-13-16-6-1-2-7-17(16)14-24-12-11-21-19(23)10-9-15-5-3-4-8-18(15)22/h1-8,22H,9-12,14H2,(H,21,23). The van der Waals surface area contributed by atoms with Crippen LogP contribution in [0.25, 0.3) is 0 Å². The number of phenolic OH excluding ortho intramolecular Hbond substituents is 1. The summed E-state index contributed by atoms with van der Waals surface area (Å²) in [5.74, 6) is 1.77. The van der Waals surface area contributed by atoms with Crippen molar-refractivity contribution in [3.05, 3.63) is 65.2 Å².